The van der Waals surface area contributed by atoms with E-state index in [0.29, 0.717) is 18.2 Å². The number of epoxide rings is 1. The summed E-state index contributed by atoms with van der Waals surface area (Å²) < 4.78 is 9.94. The standard InChI is InChI=1S/C19H27N3O5/c1-4-26-19(25)16-15(27-16)18(24)22-14(11-13-7-5-6-9-20-13)17(23)21-10-8-12(2)3/h5-7,9,12,14-16H,4,8,10-11H2,1-3H3,(H,21,23)(H,22,24)/t14?,15-,16-/m0/s1. The van der Waals surface area contributed by atoms with Crippen molar-refractivity contribution in [3.8, 4) is 0 Å². The van der Waals surface area contributed by atoms with Crippen molar-refractivity contribution >= 4 is 17.8 Å². The Morgan fingerprint density at radius 3 is 2.67 bits per heavy atom. The molecule has 1 aromatic heterocycles. The van der Waals surface area contributed by atoms with Crippen molar-refractivity contribution in [1.29, 1.82) is 0 Å². The Labute approximate surface area is 159 Å². The monoisotopic (exact) mass is 377 g/mol. The number of rotatable bonds is 10. The maximum Gasteiger partial charge on any atom is 0.338 e. The third-order valence-corrected chi connectivity index (χ3v) is 4.06. The summed E-state index contributed by atoms with van der Waals surface area (Å²) in [5, 5.41) is 5.51. The van der Waals surface area contributed by atoms with Crippen LogP contribution in [0.4, 0.5) is 0 Å². The molecule has 0 spiro atoms. The number of esters is 1. The van der Waals surface area contributed by atoms with Crippen molar-refractivity contribution < 1.29 is 23.9 Å². The Hall–Kier alpha value is -2.48. The number of nitrogens with zero attached hydrogens (tertiary/aromatic N) is 1. The van der Waals surface area contributed by atoms with Crippen molar-refractivity contribution in [2.24, 2.45) is 5.92 Å². The summed E-state index contributed by atoms with van der Waals surface area (Å²) >= 11 is 0. The fourth-order valence-electron chi connectivity index (χ4n) is 2.51. The molecule has 8 heteroatoms. The van der Waals surface area contributed by atoms with Crippen LogP contribution in [0.1, 0.15) is 32.9 Å². The van der Waals surface area contributed by atoms with E-state index in [1.807, 2.05) is 6.07 Å². The van der Waals surface area contributed by atoms with Crippen LogP contribution in [0.3, 0.4) is 0 Å². The van der Waals surface area contributed by atoms with Gasteiger partial charge in [0.15, 0.2) is 12.2 Å². The average Bonchev–Trinajstić information content (AvgIpc) is 3.43. The summed E-state index contributed by atoms with van der Waals surface area (Å²) in [6.45, 7) is 6.56. The van der Waals surface area contributed by atoms with Crippen LogP contribution in [0.25, 0.3) is 0 Å². The molecular formula is C19H27N3O5. The lowest BCUT2D eigenvalue weighted by Crippen LogP contribution is -2.50. The van der Waals surface area contributed by atoms with E-state index in [1.54, 1.807) is 25.3 Å². The van der Waals surface area contributed by atoms with Crippen molar-refractivity contribution in [3.63, 3.8) is 0 Å². The van der Waals surface area contributed by atoms with Crippen LogP contribution in [-0.2, 0) is 30.3 Å². The normalized spacial score (nSPS) is 19.3. The van der Waals surface area contributed by atoms with Gasteiger partial charge in [0.2, 0.25) is 5.91 Å². The van der Waals surface area contributed by atoms with E-state index in [9.17, 15) is 14.4 Å². The Kier molecular flexibility index (Phi) is 7.72. The fourth-order valence-corrected chi connectivity index (χ4v) is 2.51. The molecule has 0 aliphatic carbocycles. The smallest absolute Gasteiger partial charge is 0.338 e. The maximum atomic E-state index is 12.5. The van der Waals surface area contributed by atoms with E-state index in [1.165, 1.54) is 0 Å². The number of hydrogen-bond donors (Lipinski definition) is 2. The molecule has 8 nitrogen and oxygen atoms in total. The molecule has 0 aromatic carbocycles. The SMILES string of the molecule is CCOC(=O)[C@H]1O[C@@H]1C(=O)NC(Cc1ccccn1)C(=O)NCCC(C)C. The summed E-state index contributed by atoms with van der Waals surface area (Å²) in [6.07, 6.45) is 0.901. The number of carbonyl (C=O) groups is 3. The van der Waals surface area contributed by atoms with Gasteiger partial charge in [-0.2, -0.15) is 0 Å². The molecule has 3 atom stereocenters. The Morgan fingerprint density at radius 2 is 2.04 bits per heavy atom. The Morgan fingerprint density at radius 1 is 1.26 bits per heavy atom. The van der Waals surface area contributed by atoms with E-state index in [2.05, 4.69) is 29.5 Å². The minimum atomic E-state index is -0.918. The minimum absolute atomic E-state index is 0.216. The van der Waals surface area contributed by atoms with Gasteiger partial charge in [0.1, 0.15) is 6.04 Å². The second-order valence-corrected chi connectivity index (χ2v) is 6.79. The second-order valence-electron chi connectivity index (χ2n) is 6.79. The van der Waals surface area contributed by atoms with Crippen molar-refractivity contribution in [3.05, 3.63) is 30.1 Å². The van der Waals surface area contributed by atoms with Crippen LogP contribution >= 0.6 is 0 Å². The molecule has 0 radical (unpaired) electrons. The van der Waals surface area contributed by atoms with Crippen LogP contribution in [-0.4, -0.2) is 54.2 Å². The molecule has 1 unspecified atom stereocenters. The van der Waals surface area contributed by atoms with Crippen LogP contribution in [0.5, 0.6) is 0 Å². The summed E-state index contributed by atoms with van der Waals surface area (Å²) in [4.78, 5) is 40.7. The van der Waals surface area contributed by atoms with Gasteiger partial charge in [-0.25, -0.2) is 4.79 Å². The maximum absolute atomic E-state index is 12.5. The molecular weight excluding hydrogens is 350 g/mol. The Bertz CT molecular complexity index is 650. The van der Waals surface area contributed by atoms with E-state index < -0.39 is 30.1 Å². The molecule has 27 heavy (non-hydrogen) atoms. The van der Waals surface area contributed by atoms with Crippen LogP contribution in [0.15, 0.2) is 24.4 Å². The summed E-state index contributed by atoms with van der Waals surface area (Å²) in [5.74, 6) is -0.907. The lowest BCUT2D eigenvalue weighted by atomic mass is 10.1. The van der Waals surface area contributed by atoms with Gasteiger partial charge in [0.05, 0.1) is 6.61 Å². The van der Waals surface area contributed by atoms with Gasteiger partial charge in [-0.3, -0.25) is 14.6 Å². The molecule has 1 fully saturated rings. The number of nitrogens with one attached hydrogen (secondary N) is 2. The van der Waals surface area contributed by atoms with Crippen molar-refractivity contribution in [2.45, 2.75) is 51.9 Å². The molecule has 1 aromatic rings. The zero-order valence-corrected chi connectivity index (χ0v) is 15.9. The first kappa shape index (κ1) is 20.8. The zero-order valence-electron chi connectivity index (χ0n) is 15.9. The number of aromatic nitrogens is 1. The highest BCUT2D eigenvalue weighted by atomic mass is 16.6. The first-order valence-corrected chi connectivity index (χ1v) is 9.22. The number of hydrogen-bond acceptors (Lipinski definition) is 6. The van der Waals surface area contributed by atoms with E-state index in [4.69, 9.17) is 9.47 Å². The summed E-state index contributed by atoms with van der Waals surface area (Å²) in [5.41, 5.74) is 0.681. The van der Waals surface area contributed by atoms with Gasteiger partial charge in [-0.15, -0.1) is 0 Å². The second kappa shape index (κ2) is 10.0. The van der Waals surface area contributed by atoms with E-state index in [-0.39, 0.29) is 18.9 Å². The molecule has 1 aliphatic rings. The number of ether oxygens (including phenoxy) is 2. The first-order valence-electron chi connectivity index (χ1n) is 9.22. The Balaban J connectivity index is 1.96. The van der Waals surface area contributed by atoms with Gasteiger partial charge in [0.25, 0.3) is 5.91 Å². The lowest BCUT2D eigenvalue weighted by molar-refractivity contribution is -0.144. The van der Waals surface area contributed by atoms with Crippen LogP contribution in [0.2, 0.25) is 0 Å². The molecule has 2 rings (SSSR count). The highest BCUT2D eigenvalue weighted by Crippen LogP contribution is 2.23. The van der Waals surface area contributed by atoms with Gasteiger partial charge >= 0.3 is 5.97 Å². The van der Waals surface area contributed by atoms with E-state index >= 15 is 0 Å². The van der Waals surface area contributed by atoms with Gasteiger partial charge in [0, 0.05) is 24.9 Å². The van der Waals surface area contributed by atoms with Gasteiger partial charge < -0.3 is 20.1 Å². The quantitative estimate of drug-likeness (QED) is 0.456. The van der Waals surface area contributed by atoms with E-state index in [0.717, 1.165) is 6.42 Å². The van der Waals surface area contributed by atoms with Gasteiger partial charge in [-0.05, 0) is 31.4 Å². The minimum Gasteiger partial charge on any atom is -0.464 e. The molecule has 1 aliphatic heterocycles. The molecule has 2 heterocycles. The average molecular weight is 377 g/mol. The molecule has 148 valence electrons. The zero-order chi connectivity index (χ0) is 19.8. The topological polar surface area (TPSA) is 110 Å². The highest BCUT2D eigenvalue weighted by Gasteiger charge is 2.52. The highest BCUT2D eigenvalue weighted by molar-refractivity contribution is 5.95. The van der Waals surface area contributed by atoms with Crippen LogP contribution in [0, 0.1) is 5.92 Å². The predicted molar refractivity (Wildman–Crippen MR) is 97.6 cm³/mol. The number of amides is 2. The van der Waals surface area contributed by atoms with Crippen molar-refractivity contribution in [1.82, 2.24) is 15.6 Å². The largest absolute Gasteiger partial charge is 0.464 e. The lowest BCUT2D eigenvalue weighted by Gasteiger charge is -2.18. The van der Waals surface area contributed by atoms with Crippen LogP contribution < -0.4 is 10.6 Å². The third-order valence-electron chi connectivity index (χ3n) is 4.06. The predicted octanol–water partition coefficient (Wildman–Crippen LogP) is 0.602. The number of carbonyl (C=O) groups excluding carboxylic acids is 3. The van der Waals surface area contributed by atoms with Crippen molar-refractivity contribution in [2.75, 3.05) is 13.2 Å². The molecule has 1 saturated heterocycles. The number of pyridine rings is 1. The summed E-state index contributed by atoms with van der Waals surface area (Å²) in [7, 11) is 0. The summed E-state index contributed by atoms with van der Waals surface area (Å²) in [6, 6.07) is 4.59. The third kappa shape index (κ3) is 6.63. The molecule has 2 N–H and O–H groups in total. The molecule has 0 bridgehead atoms. The van der Waals surface area contributed by atoms with Gasteiger partial charge in [-0.1, -0.05) is 19.9 Å². The first-order chi connectivity index (χ1) is 12.9. The fraction of sp³-hybridized carbons (Fsp3) is 0.579. The molecule has 2 amide bonds. The molecule has 0 saturated carbocycles.